The van der Waals surface area contributed by atoms with E-state index in [-0.39, 0.29) is 0 Å². The summed E-state index contributed by atoms with van der Waals surface area (Å²) in [5, 5.41) is 1.90. The number of hydrogen-bond acceptors (Lipinski definition) is 2. The predicted octanol–water partition coefficient (Wildman–Crippen LogP) is 4.87. The molecule has 1 N–H and O–H groups in total. The quantitative estimate of drug-likeness (QED) is 0.739. The van der Waals surface area contributed by atoms with Gasteiger partial charge in [0.05, 0.1) is 10.6 Å². The van der Waals surface area contributed by atoms with Crippen molar-refractivity contribution in [3.05, 3.63) is 70.8 Å². The highest BCUT2D eigenvalue weighted by molar-refractivity contribution is 7.92. The van der Waals surface area contributed by atoms with Gasteiger partial charge in [-0.3, -0.25) is 4.72 Å². The van der Waals surface area contributed by atoms with Crippen molar-refractivity contribution in [3.63, 3.8) is 0 Å². The summed E-state index contributed by atoms with van der Waals surface area (Å²) in [5.41, 5.74) is 4.16. The molecule has 0 aliphatic carbocycles. The molecule has 0 saturated heterocycles. The van der Waals surface area contributed by atoms with Crippen LogP contribution in [0.1, 0.15) is 22.3 Å². The highest BCUT2D eigenvalue weighted by Crippen LogP contribution is 2.30. The van der Waals surface area contributed by atoms with Crippen LogP contribution in [0.25, 0.3) is 10.8 Å². The second-order valence-electron chi connectivity index (χ2n) is 6.22. The zero-order chi connectivity index (χ0) is 17.5. The zero-order valence-corrected chi connectivity index (χ0v) is 15.2. The Morgan fingerprint density at radius 1 is 0.792 bits per heavy atom. The van der Waals surface area contributed by atoms with Crippen LogP contribution in [0.5, 0.6) is 0 Å². The van der Waals surface area contributed by atoms with Crippen molar-refractivity contribution in [2.75, 3.05) is 4.72 Å². The molecule has 0 aliphatic rings. The molecule has 0 spiro atoms. The number of aryl methyl sites for hydroxylation is 2. The molecule has 3 rings (SSSR count). The minimum atomic E-state index is -3.66. The highest BCUT2D eigenvalue weighted by atomic mass is 32.2. The molecule has 0 heterocycles. The lowest BCUT2D eigenvalue weighted by Gasteiger charge is -2.17. The molecule has 0 aromatic heterocycles. The van der Waals surface area contributed by atoms with E-state index in [9.17, 15) is 8.42 Å². The molecule has 3 nitrogen and oxygen atoms in total. The Morgan fingerprint density at radius 2 is 1.38 bits per heavy atom. The Hall–Kier alpha value is -2.33. The molecule has 0 saturated carbocycles. The average molecular weight is 339 g/mol. The van der Waals surface area contributed by atoms with Crippen LogP contribution in [0.15, 0.2) is 53.4 Å². The largest absolute Gasteiger partial charge is 0.279 e. The zero-order valence-electron chi connectivity index (χ0n) is 14.3. The van der Waals surface area contributed by atoms with Gasteiger partial charge in [0.1, 0.15) is 0 Å². The molecule has 0 bridgehead atoms. The Balaban J connectivity index is 2.16. The molecule has 0 fully saturated rings. The second kappa shape index (κ2) is 5.95. The van der Waals surface area contributed by atoms with Crippen LogP contribution in [-0.4, -0.2) is 8.42 Å². The molecule has 4 heteroatoms. The van der Waals surface area contributed by atoms with Crippen molar-refractivity contribution >= 4 is 26.5 Å². The average Bonchev–Trinajstić information content (AvgIpc) is 2.53. The molecule has 24 heavy (non-hydrogen) atoms. The van der Waals surface area contributed by atoms with Gasteiger partial charge in [-0.2, -0.15) is 0 Å². The van der Waals surface area contributed by atoms with E-state index in [1.807, 2.05) is 70.2 Å². The highest BCUT2D eigenvalue weighted by Gasteiger charge is 2.22. The van der Waals surface area contributed by atoms with Gasteiger partial charge in [0.15, 0.2) is 0 Å². The van der Waals surface area contributed by atoms with E-state index < -0.39 is 10.0 Å². The van der Waals surface area contributed by atoms with Crippen LogP contribution in [0, 0.1) is 27.7 Å². The minimum absolute atomic E-state index is 0.382. The number of fused-ring (bicyclic) bond motifs is 1. The third-order valence-electron chi connectivity index (χ3n) is 4.60. The van der Waals surface area contributed by atoms with Crippen molar-refractivity contribution in [1.82, 2.24) is 0 Å². The smallest absolute Gasteiger partial charge is 0.262 e. The Labute approximate surface area is 143 Å². The lowest BCUT2D eigenvalue weighted by Crippen LogP contribution is -2.17. The maximum atomic E-state index is 13.1. The first kappa shape index (κ1) is 16.5. The maximum Gasteiger partial charge on any atom is 0.262 e. The molecule has 0 amide bonds. The van der Waals surface area contributed by atoms with Crippen LogP contribution < -0.4 is 4.72 Å². The maximum absolute atomic E-state index is 13.1. The number of anilines is 1. The topological polar surface area (TPSA) is 46.2 Å². The molecule has 3 aromatic carbocycles. The first-order valence-electron chi connectivity index (χ1n) is 7.89. The van der Waals surface area contributed by atoms with Gasteiger partial charge in [0, 0.05) is 5.39 Å². The van der Waals surface area contributed by atoms with Crippen molar-refractivity contribution in [3.8, 4) is 0 Å². The van der Waals surface area contributed by atoms with Crippen molar-refractivity contribution in [2.24, 2.45) is 0 Å². The summed E-state index contributed by atoms with van der Waals surface area (Å²) in [7, 11) is -3.66. The van der Waals surface area contributed by atoms with Crippen LogP contribution >= 0.6 is 0 Å². The number of benzene rings is 3. The third kappa shape index (κ3) is 2.78. The molecular weight excluding hydrogens is 318 g/mol. The fourth-order valence-corrected chi connectivity index (χ4v) is 4.79. The minimum Gasteiger partial charge on any atom is -0.279 e. The summed E-state index contributed by atoms with van der Waals surface area (Å²) in [5.74, 6) is 0. The Bertz CT molecular complexity index is 1010. The summed E-state index contributed by atoms with van der Waals surface area (Å²) >= 11 is 0. The van der Waals surface area contributed by atoms with E-state index in [1.54, 1.807) is 6.07 Å². The molecule has 3 aromatic rings. The summed E-state index contributed by atoms with van der Waals surface area (Å²) in [6.45, 7) is 7.61. The molecule has 124 valence electrons. The SMILES string of the molecule is Cc1cc(C)c(C)c(S(=O)(=O)Nc2cccc3ccccc23)c1C. The standard InChI is InChI=1S/C20H21NO2S/c1-13-12-14(2)16(4)20(15(13)3)24(22,23)21-19-11-7-9-17-8-5-6-10-18(17)19/h5-12,21H,1-4H3. The number of sulfonamides is 1. The van der Waals surface area contributed by atoms with E-state index in [0.717, 1.165) is 33.0 Å². The van der Waals surface area contributed by atoms with E-state index in [0.29, 0.717) is 10.6 Å². The number of rotatable bonds is 3. The van der Waals surface area contributed by atoms with Crippen LogP contribution in [0.4, 0.5) is 5.69 Å². The summed E-state index contributed by atoms with van der Waals surface area (Å²) in [6, 6.07) is 15.4. The van der Waals surface area contributed by atoms with Crippen molar-refractivity contribution in [1.29, 1.82) is 0 Å². The van der Waals surface area contributed by atoms with Gasteiger partial charge in [-0.05, 0) is 61.4 Å². The predicted molar refractivity (Wildman–Crippen MR) is 100 cm³/mol. The van der Waals surface area contributed by atoms with Gasteiger partial charge < -0.3 is 0 Å². The summed E-state index contributed by atoms with van der Waals surface area (Å²) < 4.78 is 28.9. The van der Waals surface area contributed by atoms with Crippen molar-refractivity contribution in [2.45, 2.75) is 32.6 Å². The monoisotopic (exact) mass is 339 g/mol. The fourth-order valence-electron chi connectivity index (χ4n) is 3.09. The van der Waals surface area contributed by atoms with Crippen LogP contribution in [0.2, 0.25) is 0 Å². The van der Waals surface area contributed by atoms with Crippen molar-refractivity contribution < 1.29 is 8.42 Å². The Morgan fingerprint density at radius 3 is 2.04 bits per heavy atom. The van der Waals surface area contributed by atoms with Gasteiger partial charge in [-0.15, -0.1) is 0 Å². The summed E-state index contributed by atoms with van der Waals surface area (Å²) in [4.78, 5) is 0.382. The molecular formula is C20H21NO2S. The van der Waals surface area contributed by atoms with Gasteiger partial charge in [0.25, 0.3) is 10.0 Å². The molecule has 0 radical (unpaired) electrons. The lowest BCUT2D eigenvalue weighted by molar-refractivity contribution is 0.599. The van der Waals surface area contributed by atoms with E-state index >= 15 is 0 Å². The number of hydrogen-bond donors (Lipinski definition) is 1. The van der Waals surface area contributed by atoms with Gasteiger partial charge in [-0.1, -0.05) is 42.5 Å². The molecule has 0 atom stereocenters. The Kier molecular flexibility index (Phi) is 4.10. The second-order valence-corrected chi connectivity index (χ2v) is 7.84. The van der Waals surface area contributed by atoms with E-state index in [4.69, 9.17) is 0 Å². The van der Waals surface area contributed by atoms with E-state index in [2.05, 4.69) is 4.72 Å². The lowest BCUT2D eigenvalue weighted by atomic mass is 10.0. The number of nitrogens with one attached hydrogen (secondary N) is 1. The van der Waals surface area contributed by atoms with Gasteiger partial charge in [0.2, 0.25) is 0 Å². The normalized spacial score (nSPS) is 11.7. The van der Waals surface area contributed by atoms with Gasteiger partial charge in [-0.25, -0.2) is 8.42 Å². The fraction of sp³-hybridized carbons (Fsp3) is 0.200. The molecule has 0 unspecified atom stereocenters. The third-order valence-corrected chi connectivity index (χ3v) is 6.24. The van der Waals surface area contributed by atoms with Crippen LogP contribution in [-0.2, 0) is 10.0 Å². The van der Waals surface area contributed by atoms with E-state index in [1.165, 1.54) is 0 Å². The van der Waals surface area contributed by atoms with Gasteiger partial charge >= 0.3 is 0 Å². The molecule has 0 aliphatic heterocycles. The first-order valence-corrected chi connectivity index (χ1v) is 9.37. The summed E-state index contributed by atoms with van der Waals surface area (Å²) in [6.07, 6.45) is 0. The first-order chi connectivity index (χ1) is 11.3. The van der Waals surface area contributed by atoms with Crippen LogP contribution in [0.3, 0.4) is 0 Å².